The molecule has 0 spiro atoms. The molecule has 0 aliphatic rings. The fraction of sp³-hybridized carbons (Fsp3) is 0.333. The standard InChI is InChI=1S/C27H33N5O5/c1-17-14-22(25(35)30-21(23(33)24(28)34)15-18-8-6-5-7-9-18)32(31-17)20-12-10-19(11-13-20)16-29-26(36)37-27(2,3)4/h5-14,21,23,33H,15-16H2,1-4H3,(H2,28,34)(H,29,36)(H,30,35)/t21-,23?/m0/s1. The molecule has 0 radical (unpaired) electrons. The van der Waals surface area contributed by atoms with Crippen LogP contribution in [0.3, 0.4) is 0 Å². The Labute approximate surface area is 215 Å². The monoisotopic (exact) mass is 507 g/mol. The summed E-state index contributed by atoms with van der Waals surface area (Å²) in [6.07, 6.45) is -1.87. The van der Waals surface area contributed by atoms with Gasteiger partial charge in [0.05, 0.1) is 17.4 Å². The lowest BCUT2D eigenvalue weighted by atomic mass is 10.0. The molecule has 0 bridgehead atoms. The molecular formula is C27H33N5O5. The van der Waals surface area contributed by atoms with Crippen molar-refractivity contribution in [2.24, 2.45) is 5.73 Å². The molecule has 2 aromatic carbocycles. The smallest absolute Gasteiger partial charge is 0.407 e. The van der Waals surface area contributed by atoms with Gasteiger partial charge in [-0.05, 0) is 63.4 Å². The van der Waals surface area contributed by atoms with Gasteiger partial charge in [0, 0.05) is 6.54 Å². The first-order valence-electron chi connectivity index (χ1n) is 11.9. The van der Waals surface area contributed by atoms with Crippen LogP contribution in [0.2, 0.25) is 0 Å². The average Bonchev–Trinajstić information content (AvgIpc) is 3.23. The van der Waals surface area contributed by atoms with Crippen molar-refractivity contribution in [1.29, 1.82) is 0 Å². The number of carbonyl (C=O) groups excluding carboxylic acids is 3. The predicted molar refractivity (Wildman–Crippen MR) is 138 cm³/mol. The lowest BCUT2D eigenvalue weighted by Crippen LogP contribution is -2.50. The number of aliphatic hydroxyl groups is 1. The first kappa shape index (κ1) is 27.4. The number of nitrogens with two attached hydrogens (primary N) is 1. The highest BCUT2D eigenvalue weighted by Gasteiger charge is 2.28. The summed E-state index contributed by atoms with van der Waals surface area (Å²) in [4.78, 5) is 36.8. The highest BCUT2D eigenvalue weighted by atomic mass is 16.6. The molecule has 3 rings (SSSR count). The molecule has 0 aliphatic heterocycles. The van der Waals surface area contributed by atoms with Gasteiger partial charge in [-0.15, -0.1) is 0 Å². The maximum atomic E-state index is 13.2. The van der Waals surface area contributed by atoms with Crippen LogP contribution >= 0.6 is 0 Å². The Hall–Kier alpha value is -4.18. The minimum absolute atomic E-state index is 0.211. The van der Waals surface area contributed by atoms with E-state index in [1.165, 1.54) is 4.68 Å². The number of hydrogen-bond acceptors (Lipinski definition) is 6. The number of nitrogens with one attached hydrogen (secondary N) is 2. The molecule has 0 fully saturated rings. The van der Waals surface area contributed by atoms with Crippen molar-refractivity contribution in [2.75, 3.05) is 0 Å². The van der Waals surface area contributed by atoms with Crippen LogP contribution in [0.1, 0.15) is 48.1 Å². The second-order valence-electron chi connectivity index (χ2n) is 9.72. The summed E-state index contributed by atoms with van der Waals surface area (Å²) in [5.41, 5.74) is 7.85. The third-order valence-electron chi connectivity index (χ3n) is 5.37. The predicted octanol–water partition coefficient (Wildman–Crippen LogP) is 2.39. The van der Waals surface area contributed by atoms with Crippen molar-refractivity contribution in [3.8, 4) is 5.69 Å². The van der Waals surface area contributed by atoms with E-state index in [2.05, 4.69) is 15.7 Å². The van der Waals surface area contributed by atoms with Crippen LogP contribution in [0.5, 0.6) is 0 Å². The van der Waals surface area contributed by atoms with Crippen LogP contribution in [0.25, 0.3) is 5.69 Å². The van der Waals surface area contributed by atoms with E-state index in [0.29, 0.717) is 11.4 Å². The van der Waals surface area contributed by atoms with Gasteiger partial charge < -0.3 is 26.2 Å². The second-order valence-corrected chi connectivity index (χ2v) is 9.72. The number of ether oxygens (including phenoxy) is 1. The number of aliphatic hydroxyl groups excluding tert-OH is 1. The van der Waals surface area contributed by atoms with E-state index in [1.54, 1.807) is 58.0 Å². The number of hydrogen-bond donors (Lipinski definition) is 4. The molecule has 1 aromatic heterocycles. The Morgan fingerprint density at radius 2 is 1.70 bits per heavy atom. The third kappa shape index (κ3) is 7.91. The minimum atomic E-state index is -1.57. The van der Waals surface area contributed by atoms with Gasteiger partial charge in [-0.2, -0.15) is 5.10 Å². The zero-order valence-corrected chi connectivity index (χ0v) is 21.4. The van der Waals surface area contributed by atoms with Gasteiger partial charge in [-0.1, -0.05) is 42.5 Å². The van der Waals surface area contributed by atoms with Crippen molar-refractivity contribution in [3.63, 3.8) is 0 Å². The Morgan fingerprint density at radius 3 is 2.30 bits per heavy atom. The molecule has 196 valence electrons. The molecule has 0 saturated carbocycles. The Kier molecular flexibility index (Phi) is 8.67. The van der Waals surface area contributed by atoms with Crippen molar-refractivity contribution < 1.29 is 24.2 Å². The zero-order chi connectivity index (χ0) is 27.2. The van der Waals surface area contributed by atoms with Gasteiger partial charge in [0.2, 0.25) is 5.91 Å². The Morgan fingerprint density at radius 1 is 1.05 bits per heavy atom. The molecule has 10 nitrogen and oxygen atoms in total. The van der Waals surface area contributed by atoms with Crippen LogP contribution in [-0.4, -0.2) is 50.5 Å². The van der Waals surface area contributed by atoms with Gasteiger partial charge in [0.15, 0.2) is 6.10 Å². The topological polar surface area (TPSA) is 149 Å². The minimum Gasteiger partial charge on any atom is -0.444 e. The quantitative estimate of drug-likeness (QED) is 0.349. The number of carbonyl (C=O) groups is 3. The fourth-order valence-corrected chi connectivity index (χ4v) is 3.65. The van der Waals surface area contributed by atoms with Crippen molar-refractivity contribution in [2.45, 2.75) is 58.4 Å². The maximum absolute atomic E-state index is 13.2. The van der Waals surface area contributed by atoms with E-state index in [9.17, 15) is 19.5 Å². The molecule has 0 aliphatic carbocycles. The van der Waals surface area contributed by atoms with Gasteiger partial charge in [-0.25, -0.2) is 9.48 Å². The number of rotatable bonds is 9. The summed E-state index contributed by atoms with van der Waals surface area (Å²) >= 11 is 0. The number of nitrogens with zero attached hydrogens (tertiary/aromatic N) is 2. The van der Waals surface area contributed by atoms with Gasteiger partial charge in [0.1, 0.15) is 11.3 Å². The van der Waals surface area contributed by atoms with E-state index < -0.39 is 35.7 Å². The van der Waals surface area contributed by atoms with Gasteiger partial charge >= 0.3 is 6.09 Å². The van der Waals surface area contributed by atoms with Crippen molar-refractivity contribution in [3.05, 3.63) is 83.2 Å². The second kappa shape index (κ2) is 11.7. The lowest BCUT2D eigenvalue weighted by Gasteiger charge is -2.22. The third-order valence-corrected chi connectivity index (χ3v) is 5.37. The fourth-order valence-electron chi connectivity index (χ4n) is 3.65. The van der Waals surface area contributed by atoms with Gasteiger partial charge in [0.25, 0.3) is 5.91 Å². The molecule has 37 heavy (non-hydrogen) atoms. The lowest BCUT2D eigenvalue weighted by molar-refractivity contribution is -0.127. The van der Waals surface area contributed by atoms with Gasteiger partial charge in [-0.3, -0.25) is 9.59 Å². The zero-order valence-electron chi connectivity index (χ0n) is 21.4. The van der Waals surface area contributed by atoms with Crippen LogP contribution in [0.15, 0.2) is 60.7 Å². The number of alkyl carbamates (subject to hydrolysis) is 1. The Bertz CT molecular complexity index is 1230. The number of aromatic nitrogens is 2. The molecule has 10 heteroatoms. The molecular weight excluding hydrogens is 474 g/mol. The highest BCUT2D eigenvalue weighted by Crippen LogP contribution is 2.16. The molecule has 1 unspecified atom stereocenters. The number of amides is 3. The highest BCUT2D eigenvalue weighted by molar-refractivity contribution is 5.94. The maximum Gasteiger partial charge on any atom is 0.407 e. The van der Waals surface area contributed by atoms with Crippen LogP contribution in [-0.2, 0) is 22.5 Å². The normalized spacial score (nSPS) is 12.9. The summed E-state index contributed by atoms with van der Waals surface area (Å²) in [5, 5.41) is 20.2. The number of primary amides is 1. The molecule has 3 amide bonds. The van der Waals surface area contributed by atoms with E-state index in [0.717, 1.165) is 11.1 Å². The first-order chi connectivity index (χ1) is 17.4. The summed E-state index contributed by atoms with van der Waals surface area (Å²) < 4.78 is 6.72. The van der Waals surface area contributed by atoms with E-state index in [1.807, 2.05) is 30.3 Å². The molecule has 5 N–H and O–H groups in total. The summed E-state index contributed by atoms with van der Waals surface area (Å²) in [5.74, 6) is -1.45. The first-order valence-corrected chi connectivity index (χ1v) is 11.9. The molecule has 3 aromatic rings. The van der Waals surface area contributed by atoms with E-state index in [-0.39, 0.29) is 18.7 Å². The summed E-state index contributed by atoms with van der Waals surface area (Å²) in [6, 6.07) is 17.0. The van der Waals surface area contributed by atoms with Crippen LogP contribution in [0, 0.1) is 6.92 Å². The summed E-state index contributed by atoms with van der Waals surface area (Å²) in [6.45, 7) is 7.40. The Balaban J connectivity index is 1.75. The van der Waals surface area contributed by atoms with Crippen LogP contribution < -0.4 is 16.4 Å². The van der Waals surface area contributed by atoms with E-state index >= 15 is 0 Å². The molecule has 0 saturated heterocycles. The molecule has 1 heterocycles. The van der Waals surface area contributed by atoms with Crippen LogP contribution in [0.4, 0.5) is 4.79 Å². The molecule has 2 atom stereocenters. The number of aryl methyl sites for hydroxylation is 1. The summed E-state index contributed by atoms with van der Waals surface area (Å²) in [7, 11) is 0. The van der Waals surface area contributed by atoms with Crippen molar-refractivity contribution in [1.82, 2.24) is 20.4 Å². The van der Waals surface area contributed by atoms with Crippen molar-refractivity contribution >= 4 is 17.9 Å². The largest absolute Gasteiger partial charge is 0.444 e. The average molecular weight is 508 g/mol. The SMILES string of the molecule is Cc1cc(C(=O)N[C@@H](Cc2ccccc2)C(O)C(N)=O)n(-c2ccc(CNC(=O)OC(C)(C)C)cc2)n1. The number of benzene rings is 2. The van der Waals surface area contributed by atoms with E-state index in [4.69, 9.17) is 10.5 Å².